The Hall–Kier alpha value is -1.75. The molecule has 0 amide bonds. The third-order valence-corrected chi connectivity index (χ3v) is 3.00. The van der Waals surface area contributed by atoms with Crippen molar-refractivity contribution in [2.75, 3.05) is 0 Å². The lowest BCUT2D eigenvalue weighted by Gasteiger charge is -2.10. The van der Waals surface area contributed by atoms with Crippen molar-refractivity contribution >= 4 is 0 Å². The molecule has 0 bridgehead atoms. The molecule has 4 nitrogen and oxygen atoms in total. The standard InChI is InChI=1S/C14H18FN3O/c1-10(2)7-8-18-14(13(9-19)16-17-18)11-5-3-4-6-12(11)15/h3-6,10,19H,7-9H2,1-2H3. The quantitative estimate of drug-likeness (QED) is 0.902. The van der Waals surface area contributed by atoms with Crippen LogP contribution in [0.2, 0.25) is 0 Å². The second-order valence-electron chi connectivity index (χ2n) is 4.93. The Labute approximate surface area is 111 Å². The summed E-state index contributed by atoms with van der Waals surface area (Å²) >= 11 is 0. The summed E-state index contributed by atoms with van der Waals surface area (Å²) in [6.45, 7) is 4.65. The van der Waals surface area contributed by atoms with E-state index < -0.39 is 0 Å². The zero-order valence-electron chi connectivity index (χ0n) is 11.2. The minimum absolute atomic E-state index is 0.245. The summed E-state index contributed by atoms with van der Waals surface area (Å²) in [4.78, 5) is 0. The van der Waals surface area contributed by atoms with Crippen LogP contribution in [0, 0.1) is 11.7 Å². The Balaban J connectivity index is 2.42. The summed E-state index contributed by atoms with van der Waals surface area (Å²) in [5, 5.41) is 17.3. The number of aromatic nitrogens is 3. The number of benzene rings is 1. The van der Waals surface area contributed by atoms with Crippen molar-refractivity contribution < 1.29 is 9.50 Å². The summed E-state index contributed by atoms with van der Waals surface area (Å²) in [7, 11) is 0. The zero-order chi connectivity index (χ0) is 13.8. The van der Waals surface area contributed by atoms with E-state index in [2.05, 4.69) is 24.2 Å². The Morgan fingerprint density at radius 3 is 2.68 bits per heavy atom. The highest BCUT2D eigenvalue weighted by Crippen LogP contribution is 2.25. The third-order valence-electron chi connectivity index (χ3n) is 3.00. The number of halogens is 1. The van der Waals surface area contributed by atoms with Gasteiger partial charge in [0.1, 0.15) is 11.5 Å². The first kappa shape index (κ1) is 13.7. The smallest absolute Gasteiger partial charge is 0.132 e. The van der Waals surface area contributed by atoms with Gasteiger partial charge in [-0.1, -0.05) is 31.2 Å². The first-order valence-electron chi connectivity index (χ1n) is 6.41. The van der Waals surface area contributed by atoms with Gasteiger partial charge in [-0.15, -0.1) is 5.10 Å². The summed E-state index contributed by atoms with van der Waals surface area (Å²) in [5.74, 6) is 0.195. The molecule has 0 aliphatic rings. The van der Waals surface area contributed by atoms with Crippen LogP contribution < -0.4 is 0 Å². The van der Waals surface area contributed by atoms with Crippen molar-refractivity contribution in [2.24, 2.45) is 5.92 Å². The lowest BCUT2D eigenvalue weighted by molar-refractivity contribution is 0.277. The highest BCUT2D eigenvalue weighted by molar-refractivity contribution is 5.62. The van der Waals surface area contributed by atoms with E-state index in [-0.39, 0.29) is 12.4 Å². The van der Waals surface area contributed by atoms with E-state index >= 15 is 0 Å². The van der Waals surface area contributed by atoms with E-state index in [1.54, 1.807) is 22.9 Å². The molecule has 0 aliphatic carbocycles. The maximum atomic E-state index is 13.9. The molecule has 2 rings (SSSR count). The average Bonchev–Trinajstić information content (AvgIpc) is 2.79. The molecular formula is C14H18FN3O. The lowest BCUT2D eigenvalue weighted by Crippen LogP contribution is -2.06. The molecule has 0 unspecified atom stereocenters. The first-order chi connectivity index (χ1) is 9.13. The van der Waals surface area contributed by atoms with Crippen molar-refractivity contribution in [3.63, 3.8) is 0 Å². The number of aliphatic hydroxyl groups is 1. The number of aryl methyl sites for hydroxylation is 1. The van der Waals surface area contributed by atoms with Crippen LogP contribution in [-0.4, -0.2) is 20.1 Å². The molecule has 0 spiro atoms. The monoisotopic (exact) mass is 263 g/mol. The fraction of sp³-hybridized carbons (Fsp3) is 0.429. The molecule has 1 N–H and O–H groups in total. The van der Waals surface area contributed by atoms with Gasteiger partial charge in [-0.3, -0.25) is 0 Å². The van der Waals surface area contributed by atoms with E-state index in [9.17, 15) is 9.50 Å². The van der Waals surface area contributed by atoms with Crippen LogP contribution in [0.4, 0.5) is 4.39 Å². The van der Waals surface area contributed by atoms with E-state index in [0.29, 0.717) is 29.4 Å². The van der Waals surface area contributed by atoms with Gasteiger partial charge in [0.15, 0.2) is 0 Å². The summed E-state index contributed by atoms with van der Waals surface area (Å²) in [6, 6.07) is 6.48. The van der Waals surface area contributed by atoms with Crippen molar-refractivity contribution in [3.8, 4) is 11.3 Å². The Kier molecular flexibility index (Phi) is 4.27. The molecule has 2 aromatic rings. The van der Waals surface area contributed by atoms with Crippen LogP contribution in [0.15, 0.2) is 24.3 Å². The van der Waals surface area contributed by atoms with Gasteiger partial charge in [-0.25, -0.2) is 9.07 Å². The minimum Gasteiger partial charge on any atom is -0.390 e. The molecule has 1 aromatic carbocycles. The highest BCUT2D eigenvalue weighted by Gasteiger charge is 2.17. The van der Waals surface area contributed by atoms with E-state index in [1.807, 2.05) is 0 Å². The molecular weight excluding hydrogens is 245 g/mol. The van der Waals surface area contributed by atoms with Crippen LogP contribution in [0.1, 0.15) is 26.0 Å². The molecule has 19 heavy (non-hydrogen) atoms. The SMILES string of the molecule is CC(C)CCn1nnc(CO)c1-c1ccccc1F. The fourth-order valence-corrected chi connectivity index (χ4v) is 1.94. The van der Waals surface area contributed by atoms with Crippen molar-refractivity contribution in [1.82, 2.24) is 15.0 Å². The predicted molar refractivity (Wildman–Crippen MR) is 70.8 cm³/mol. The van der Waals surface area contributed by atoms with Gasteiger partial charge < -0.3 is 5.11 Å². The molecule has 0 aliphatic heterocycles. The van der Waals surface area contributed by atoms with Gasteiger partial charge in [0.25, 0.3) is 0 Å². The fourth-order valence-electron chi connectivity index (χ4n) is 1.94. The van der Waals surface area contributed by atoms with Gasteiger partial charge in [0.2, 0.25) is 0 Å². The molecule has 0 saturated carbocycles. The number of aliphatic hydroxyl groups excluding tert-OH is 1. The number of nitrogens with zero attached hydrogens (tertiary/aromatic N) is 3. The van der Waals surface area contributed by atoms with E-state index in [4.69, 9.17) is 0 Å². The summed E-state index contributed by atoms with van der Waals surface area (Å²) in [6.07, 6.45) is 0.926. The number of hydrogen-bond donors (Lipinski definition) is 1. The number of hydrogen-bond acceptors (Lipinski definition) is 3. The highest BCUT2D eigenvalue weighted by atomic mass is 19.1. The normalized spacial score (nSPS) is 11.2. The molecule has 1 aromatic heterocycles. The van der Waals surface area contributed by atoms with Gasteiger partial charge in [0.05, 0.1) is 12.3 Å². The molecule has 0 atom stereocenters. The molecule has 5 heteroatoms. The summed E-state index contributed by atoms with van der Waals surface area (Å²) in [5.41, 5.74) is 1.41. The minimum atomic E-state index is -0.328. The molecule has 102 valence electrons. The molecule has 1 heterocycles. The maximum absolute atomic E-state index is 13.9. The maximum Gasteiger partial charge on any atom is 0.132 e. The topological polar surface area (TPSA) is 50.9 Å². The second-order valence-corrected chi connectivity index (χ2v) is 4.93. The van der Waals surface area contributed by atoms with Crippen LogP contribution in [-0.2, 0) is 13.2 Å². The van der Waals surface area contributed by atoms with Crippen LogP contribution in [0.5, 0.6) is 0 Å². The number of rotatable bonds is 5. The van der Waals surface area contributed by atoms with Crippen molar-refractivity contribution in [3.05, 3.63) is 35.8 Å². The van der Waals surface area contributed by atoms with Gasteiger partial charge in [-0.05, 0) is 24.5 Å². The van der Waals surface area contributed by atoms with Crippen LogP contribution in [0.25, 0.3) is 11.3 Å². The average molecular weight is 263 g/mol. The van der Waals surface area contributed by atoms with E-state index in [0.717, 1.165) is 6.42 Å². The second kappa shape index (κ2) is 5.93. The third kappa shape index (κ3) is 2.98. The van der Waals surface area contributed by atoms with E-state index in [1.165, 1.54) is 6.07 Å². The van der Waals surface area contributed by atoms with Gasteiger partial charge in [0, 0.05) is 12.1 Å². The first-order valence-corrected chi connectivity index (χ1v) is 6.41. The lowest BCUT2D eigenvalue weighted by atomic mass is 10.1. The van der Waals surface area contributed by atoms with Gasteiger partial charge >= 0.3 is 0 Å². The molecule has 0 radical (unpaired) electrons. The van der Waals surface area contributed by atoms with Crippen LogP contribution in [0.3, 0.4) is 0 Å². The molecule has 0 saturated heterocycles. The molecule has 0 fully saturated rings. The van der Waals surface area contributed by atoms with Crippen LogP contribution >= 0.6 is 0 Å². The Bertz CT molecular complexity index is 551. The van der Waals surface area contributed by atoms with Crippen molar-refractivity contribution in [1.29, 1.82) is 0 Å². The largest absolute Gasteiger partial charge is 0.390 e. The van der Waals surface area contributed by atoms with Gasteiger partial charge in [-0.2, -0.15) is 0 Å². The Morgan fingerprint density at radius 1 is 1.32 bits per heavy atom. The predicted octanol–water partition coefficient (Wildman–Crippen LogP) is 2.62. The Morgan fingerprint density at radius 2 is 2.05 bits per heavy atom. The van der Waals surface area contributed by atoms with Crippen molar-refractivity contribution in [2.45, 2.75) is 33.4 Å². The summed E-state index contributed by atoms with van der Waals surface area (Å²) < 4.78 is 15.6. The zero-order valence-corrected chi connectivity index (χ0v) is 11.2.